The number of ether oxygens (including phenoxy) is 1. The average molecular weight is 241 g/mol. The highest BCUT2D eigenvalue weighted by molar-refractivity contribution is 5.75. The van der Waals surface area contributed by atoms with Crippen molar-refractivity contribution in [3.63, 3.8) is 0 Å². The zero-order chi connectivity index (χ0) is 12.7. The van der Waals surface area contributed by atoms with Gasteiger partial charge in [0.15, 0.2) is 0 Å². The number of nitrogens with one attached hydrogen (secondary N) is 1. The quantitative estimate of drug-likeness (QED) is 0.653. The molecule has 0 aliphatic rings. The highest BCUT2D eigenvalue weighted by Gasteiger charge is 2.12. The van der Waals surface area contributed by atoms with Crippen LogP contribution in [0.3, 0.4) is 0 Å². The summed E-state index contributed by atoms with van der Waals surface area (Å²) in [5.41, 5.74) is 0.967. The van der Waals surface area contributed by atoms with E-state index >= 15 is 0 Å². The molecule has 0 bridgehead atoms. The Morgan fingerprint density at radius 3 is 3.12 bits per heavy atom. The molecule has 2 N–H and O–H groups in total. The van der Waals surface area contributed by atoms with E-state index in [-0.39, 0.29) is 18.6 Å². The van der Waals surface area contributed by atoms with Crippen molar-refractivity contribution in [3.05, 3.63) is 18.0 Å². The van der Waals surface area contributed by atoms with Gasteiger partial charge in [0.2, 0.25) is 0 Å². The Bertz CT molecular complexity index is 351. The van der Waals surface area contributed by atoms with Crippen LogP contribution in [-0.2, 0) is 22.6 Å². The number of nitrogens with zero attached hydrogens (tertiary/aromatic N) is 2. The first-order chi connectivity index (χ1) is 8.17. The molecule has 1 rings (SSSR count). The maximum Gasteiger partial charge on any atom is 0.322 e. The largest absolute Gasteiger partial charge is 0.465 e. The van der Waals surface area contributed by atoms with Crippen LogP contribution in [0.4, 0.5) is 0 Å². The molecule has 0 aromatic carbocycles. The molecule has 6 nitrogen and oxygen atoms in total. The van der Waals surface area contributed by atoms with Crippen LogP contribution in [0.15, 0.2) is 12.4 Å². The van der Waals surface area contributed by atoms with Crippen LogP contribution in [0.1, 0.15) is 19.4 Å². The van der Waals surface area contributed by atoms with Crippen molar-refractivity contribution in [2.75, 3.05) is 13.2 Å². The molecule has 0 aliphatic heterocycles. The van der Waals surface area contributed by atoms with E-state index in [9.17, 15) is 4.79 Å². The molecule has 96 valence electrons. The molecular weight excluding hydrogens is 222 g/mol. The topological polar surface area (TPSA) is 76.4 Å². The number of rotatable bonds is 7. The van der Waals surface area contributed by atoms with Gasteiger partial charge in [-0.3, -0.25) is 9.48 Å². The predicted molar refractivity (Wildman–Crippen MR) is 62.2 cm³/mol. The highest BCUT2D eigenvalue weighted by Crippen LogP contribution is 1.98. The van der Waals surface area contributed by atoms with E-state index in [2.05, 4.69) is 10.4 Å². The molecule has 0 saturated heterocycles. The summed E-state index contributed by atoms with van der Waals surface area (Å²) in [4.78, 5) is 11.3. The van der Waals surface area contributed by atoms with Crippen molar-refractivity contribution in [1.29, 1.82) is 0 Å². The number of aliphatic hydroxyl groups excluding tert-OH is 1. The number of carbonyl (C=O) groups excluding carboxylic acids is 1. The smallest absolute Gasteiger partial charge is 0.322 e. The molecule has 0 spiro atoms. The first-order valence-electron chi connectivity index (χ1n) is 5.69. The van der Waals surface area contributed by atoms with E-state index in [1.807, 2.05) is 6.20 Å². The predicted octanol–water partition coefficient (Wildman–Crippen LogP) is -0.0834. The molecule has 1 unspecified atom stereocenters. The molecule has 0 saturated carbocycles. The molecule has 1 aromatic rings. The number of aliphatic hydroxyl groups is 1. The Morgan fingerprint density at radius 2 is 2.47 bits per heavy atom. The SMILES string of the molecule is CCOC(=O)C(C)NCc1cnn(CCO)c1. The van der Waals surface area contributed by atoms with E-state index in [1.165, 1.54) is 0 Å². The van der Waals surface area contributed by atoms with Crippen LogP contribution in [0.2, 0.25) is 0 Å². The van der Waals surface area contributed by atoms with Gasteiger partial charge in [-0.05, 0) is 13.8 Å². The Hall–Kier alpha value is -1.40. The Labute approximate surface area is 101 Å². The van der Waals surface area contributed by atoms with Gasteiger partial charge in [-0.2, -0.15) is 5.10 Å². The molecule has 0 aliphatic carbocycles. The van der Waals surface area contributed by atoms with Gasteiger partial charge >= 0.3 is 5.97 Å². The van der Waals surface area contributed by atoms with Crippen LogP contribution in [0, 0.1) is 0 Å². The van der Waals surface area contributed by atoms with Crippen molar-refractivity contribution < 1.29 is 14.6 Å². The summed E-state index contributed by atoms with van der Waals surface area (Å²) < 4.78 is 6.54. The van der Waals surface area contributed by atoms with E-state index in [0.717, 1.165) is 5.56 Å². The minimum Gasteiger partial charge on any atom is -0.465 e. The number of esters is 1. The second-order valence-corrected chi connectivity index (χ2v) is 3.69. The summed E-state index contributed by atoms with van der Waals surface area (Å²) in [6.45, 7) is 5.02. The number of hydrogen-bond acceptors (Lipinski definition) is 5. The van der Waals surface area contributed by atoms with Crippen LogP contribution < -0.4 is 5.32 Å². The standard InChI is InChI=1S/C11H19N3O3/c1-3-17-11(16)9(2)12-6-10-7-13-14(8-10)4-5-15/h7-9,12,15H,3-6H2,1-2H3. The van der Waals surface area contributed by atoms with Crippen molar-refractivity contribution in [2.24, 2.45) is 0 Å². The van der Waals surface area contributed by atoms with Gasteiger partial charge in [-0.25, -0.2) is 0 Å². The van der Waals surface area contributed by atoms with Crippen LogP contribution in [0.25, 0.3) is 0 Å². The van der Waals surface area contributed by atoms with Crippen LogP contribution in [0.5, 0.6) is 0 Å². The summed E-state index contributed by atoms with van der Waals surface area (Å²) in [6.07, 6.45) is 3.54. The maximum absolute atomic E-state index is 11.3. The number of hydrogen-bond donors (Lipinski definition) is 2. The molecule has 0 amide bonds. The van der Waals surface area contributed by atoms with E-state index in [0.29, 0.717) is 19.7 Å². The second kappa shape index (κ2) is 7.03. The lowest BCUT2D eigenvalue weighted by molar-refractivity contribution is -0.145. The van der Waals surface area contributed by atoms with Crippen molar-refractivity contribution >= 4 is 5.97 Å². The highest BCUT2D eigenvalue weighted by atomic mass is 16.5. The van der Waals surface area contributed by atoms with Gasteiger partial charge < -0.3 is 15.2 Å². The van der Waals surface area contributed by atoms with E-state index in [1.54, 1.807) is 24.7 Å². The third-order valence-electron chi connectivity index (χ3n) is 2.27. The van der Waals surface area contributed by atoms with E-state index in [4.69, 9.17) is 9.84 Å². The Kier molecular flexibility index (Phi) is 5.65. The van der Waals surface area contributed by atoms with E-state index < -0.39 is 0 Å². The second-order valence-electron chi connectivity index (χ2n) is 3.69. The molecule has 0 fully saturated rings. The molecule has 1 aromatic heterocycles. The maximum atomic E-state index is 11.3. The van der Waals surface area contributed by atoms with Gasteiger partial charge in [0.1, 0.15) is 6.04 Å². The van der Waals surface area contributed by atoms with Crippen molar-refractivity contribution in [2.45, 2.75) is 33.0 Å². The average Bonchev–Trinajstić information content (AvgIpc) is 2.74. The normalized spacial score (nSPS) is 12.4. The zero-order valence-corrected chi connectivity index (χ0v) is 10.2. The molecular formula is C11H19N3O3. The lowest BCUT2D eigenvalue weighted by atomic mass is 10.3. The molecule has 1 atom stereocenters. The molecule has 1 heterocycles. The van der Waals surface area contributed by atoms with Crippen molar-refractivity contribution in [1.82, 2.24) is 15.1 Å². The fraction of sp³-hybridized carbons (Fsp3) is 0.636. The van der Waals surface area contributed by atoms with Gasteiger partial charge in [0.25, 0.3) is 0 Å². The first kappa shape index (κ1) is 13.7. The summed E-state index contributed by atoms with van der Waals surface area (Å²) in [5, 5.41) is 15.9. The van der Waals surface area contributed by atoms with Gasteiger partial charge in [-0.1, -0.05) is 0 Å². The first-order valence-corrected chi connectivity index (χ1v) is 5.69. The zero-order valence-electron chi connectivity index (χ0n) is 10.2. The third-order valence-corrected chi connectivity index (χ3v) is 2.27. The third kappa shape index (κ3) is 4.54. The van der Waals surface area contributed by atoms with Crippen LogP contribution in [-0.4, -0.2) is 40.1 Å². The lowest BCUT2D eigenvalue weighted by Crippen LogP contribution is -2.34. The van der Waals surface area contributed by atoms with Crippen LogP contribution >= 0.6 is 0 Å². The molecule has 6 heteroatoms. The lowest BCUT2D eigenvalue weighted by Gasteiger charge is -2.11. The summed E-state index contributed by atoms with van der Waals surface area (Å²) >= 11 is 0. The fourth-order valence-electron chi connectivity index (χ4n) is 1.34. The number of carbonyl (C=O) groups is 1. The minimum absolute atomic E-state index is 0.0633. The summed E-state index contributed by atoms with van der Waals surface area (Å²) in [5.74, 6) is -0.254. The molecule has 17 heavy (non-hydrogen) atoms. The Balaban J connectivity index is 2.36. The van der Waals surface area contributed by atoms with Gasteiger partial charge in [-0.15, -0.1) is 0 Å². The Morgan fingerprint density at radius 1 is 1.71 bits per heavy atom. The summed E-state index contributed by atoms with van der Waals surface area (Å²) in [7, 11) is 0. The monoisotopic (exact) mass is 241 g/mol. The van der Waals surface area contributed by atoms with Gasteiger partial charge in [0.05, 0.1) is 26.0 Å². The number of aromatic nitrogens is 2. The van der Waals surface area contributed by atoms with Crippen molar-refractivity contribution in [3.8, 4) is 0 Å². The molecule has 0 radical (unpaired) electrons. The summed E-state index contributed by atoms with van der Waals surface area (Å²) in [6, 6.07) is -0.337. The fourth-order valence-corrected chi connectivity index (χ4v) is 1.34. The van der Waals surface area contributed by atoms with Gasteiger partial charge in [0, 0.05) is 18.3 Å². The minimum atomic E-state index is -0.337.